The van der Waals surface area contributed by atoms with Crippen LogP contribution in [0, 0.1) is 0 Å². The smallest absolute Gasteiger partial charge is 0.346 e. The molecular weight excluding hydrogens is 212 g/mol. The maximum absolute atomic E-state index is 11.5. The molecule has 5 nitrogen and oxygen atoms in total. The van der Waals surface area contributed by atoms with Crippen LogP contribution in [0.5, 0.6) is 0 Å². The first-order valence-corrected chi connectivity index (χ1v) is 5.65. The third-order valence-corrected chi connectivity index (χ3v) is 3.08. The summed E-state index contributed by atoms with van der Waals surface area (Å²) in [4.78, 5) is 22.0. The molecule has 1 aromatic heterocycles. The number of nitrogens with zero attached hydrogens (tertiary/aromatic N) is 3. The quantitative estimate of drug-likeness (QED) is 0.843. The van der Waals surface area contributed by atoms with Crippen LogP contribution in [0.4, 0.5) is 4.79 Å². The van der Waals surface area contributed by atoms with Crippen molar-refractivity contribution in [3.63, 3.8) is 0 Å². The summed E-state index contributed by atoms with van der Waals surface area (Å²) < 4.78 is 0. The average Bonchev–Trinajstić information content (AvgIpc) is 2.77. The molecule has 1 unspecified atom stereocenters. The monoisotopic (exact) mass is 224 g/mol. The molecule has 6 heteroatoms. The molecule has 0 fully saturated rings. The fourth-order valence-electron chi connectivity index (χ4n) is 1.63. The van der Waals surface area contributed by atoms with Crippen LogP contribution in [0.3, 0.4) is 0 Å². The number of aliphatic imine (C=N–C) groups is 1. The van der Waals surface area contributed by atoms with Gasteiger partial charge < -0.3 is 10.6 Å². The molecule has 15 heavy (non-hydrogen) atoms. The van der Waals surface area contributed by atoms with E-state index in [1.807, 2.05) is 6.92 Å². The molecule has 0 saturated carbocycles. The van der Waals surface area contributed by atoms with E-state index in [1.165, 1.54) is 11.3 Å². The van der Waals surface area contributed by atoms with E-state index in [9.17, 15) is 4.79 Å². The first kappa shape index (κ1) is 10.1. The highest BCUT2D eigenvalue weighted by atomic mass is 32.1. The maximum Gasteiger partial charge on any atom is 0.346 e. The van der Waals surface area contributed by atoms with Crippen LogP contribution in [-0.2, 0) is 0 Å². The summed E-state index contributed by atoms with van der Waals surface area (Å²) in [7, 11) is 0. The second-order valence-corrected chi connectivity index (χ2v) is 4.24. The molecule has 2 N–H and O–H groups in total. The SMILES string of the molecule is CCCN1C(=O)N=C(N)C1c1cncs1. The van der Waals surface area contributed by atoms with E-state index in [2.05, 4.69) is 9.98 Å². The number of carbonyl (C=O) groups excluding carboxylic acids is 1. The lowest BCUT2D eigenvalue weighted by atomic mass is 10.2. The van der Waals surface area contributed by atoms with Crippen LogP contribution in [0.1, 0.15) is 24.3 Å². The number of rotatable bonds is 3. The number of carbonyl (C=O) groups is 1. The third-order valence-electron chi connectivity index (χ3n) is 2.25. The summed E-state index contributed by atoms with van der Waals surface area (Å²) in [5.74, 6) is 0.373. The van der Waals surface area contributed by atoms with Gasteiger partial charge >= 0.3 is 6.03 Å². The molecule has 2 rings (SSSR count). The van der Waals surface area contributed by atoms with Gasteiger partial charge in [0, 0.05) is 12.7 Å². The first-order chi connectivity index (χ1) is 7.24. The minimum Gasteiger partial charge on any atom is -0.385 e. The van der Waals surface area contributed by atoms with E-state index in [1.54, 1.807) is 16.6 Å². The number of hydrogen-bond acceptors (Lipinski definition) is 4. The largest absolute Gasteiger partial charge is 0.385 e. The number of amidine groups is 1. The number of thiazole rings is 1. The molecule has 1 atom stereocenters. The molecule has 80 valence electrons. The van der Waals surface area contributed by atoms with Gasteiger partial charge in [0.1, 0.15) is 11.9 Å². The zero-order valence-corrected chi connectivity index (χ0v) is 9.20. The Kier molecular flexibility index (Phi) is 2.68. The molecule has 2 amide bonds. The topological polar surface area (TPSA) is 71.6 Å². The van der Waals surface area contributed by atoms with Crippen molar-refractivity contribution in [2.24, 2.45) is 10.7 Å². The van der Waals surface area contributed by atoms with E-state index in [0.29, 0.717) is 12.4 Å². The van der Waals surface area contributed by atoms with Crippen LogP contribution < -0.4 is 5.73 Å². The summed E-state index contributed by atoms with van der Waals surface area (Å²) in [5, 5.41) is 0. The van der Waals surface area contributed by atoms with E-state index >= 15 is 0 Å². The van der Waals surface area contributed by atoms with Gasteiger partial charge in [-0.3, -0.25) is 4.98 Å². The number of aromatic nitrogens is 1. The molecule has 0 saturated heterocycles. The molecule has 0 aromatic carbocycles. The minimum absolute atomic E-state index is 0.204. The van der Waals surface area contributed by atoms with Gasteiger partial charge in [-0.1, -0.05) is 6.92 Å². The van der Waals surface area contributed by atoms with Crippen LogP contribution in [0.25, 0.3) is 0 Å². The predicted octanol–water partition coefficient (Wildman–Crippen LogP) is 1.39. The van der Waals surface area contributed by atoms with Crippen LogP contribution >= 0.6 is 11.3 Å². The Morgan fingerprint density at radius 2 is 2.47 bits per heavy atom. The fourth-order valence-corrected chi connectivity index (χ4v) is 2.37. The summed E-state index contributed by atoms with van der Waals surface area (Å²) >= 11 is 1.49. The molecule has 2 heterocycles. The highest BCUT2D eigenvalue weighted by Gasteiger charge is 2.34. The van der Waals surface area contributed by atoms with Crippen molar-refractivity contribution < 1.29 is 4.79 Å². The standard InChI is InChI=1S/C9H12N4OS/c1-2-3-13-7(6-4-11-5-15-6)8(10)12-9(13)14/h4-5,7H,2-3H2,1H3,(H2,10,12,14). The molecule has 0 aliphatic carbocycles. The van der Waals surface area contributed by atoms with Crippen molar-refractivity contribution in [1.82, 2.24) is 9.88 Å². The number of urea groups is 1. The number of nitrogens with two attached hydrogens (primary N) is 1. The van der Waals surface area contributed by atoms with E-state index in [-0.39, 0.29) is 12.1 Å². The van der Waals surface area contributed by atoms with Crippen molar-refractivity contribution in [3.05, 3.63) is 16.6 Å². The lowest BCUT2D eigenvalue weighted by Crippen LogP contribution is -2.33. The maximum atomic E-state index is 11.5. The van der Waals surface area contributed by atoms with Crippen LogP contribution in [0.15, 0.2) is 16.7 Å². The van der Waals surface area contributed by atoms with Gasteiger partial charge in [-0.05, 0) is 6.42 Å². The fraction of sp³-hybridized carbons (Fsp3) is 0.444. The number of hydrogen-bond donors (Lipinski definition) is 1. The Bertz CT molecular complexity index is 387. The van der Waals surface area contributed by atoms with Crippen LogP contribution in [0.2, 0.25) is 0 Å². The van der Waals surface area contributed by atoms with Gasteiger partial charge in [0.2, 0.25) is 0 Å². The molecule has 0 bridgehead atoms. The first-order valence-electron chi connectivity index (χ1n) is 4.77. The lowest BCUT2D eigenvalue weighted by molar-refractivity contribution is 0.207. The molecule has 0 spiro atoms. The third kappa shape index (κ3) is 1.72. The summed E-state index contributed by atoms with van der Waals surface area (Å²) in [6.45, 7) is 2.69. The van der Waals surface area contributed by atoms with Crippen molar-refractivity contribution in [3.8, 4) is 0 Å². The van der Waals surface area contributed by atoms with Crippen molar-refractivity contribution in [2.75, 3.05) is 6.54 Å². The average molecular weight is 224 g/mol. The van der Waals surface area contributed by atoms with Crippen LogP contribution in [-0.4, -0.2) is 28.3 Å². The highest BCUT2D eigenvalue weighted by Crippen LogP contribution is 2.29. The molecule has 1 aliphatic rings. The van der Waals surface area contributed by atoms with Crippen molar-refractivity contribution in [2.45, 2.75) is 19.4 Å². The minimum atomic E-state index is -0.243. The molecular formula is C9H12N4OS. The summed E-state index contributed by atoms with van der Waals surface area (Å²) in [5.41, 5.74) is 7.48. The zero-order chi connectivity index (χ0) is 10.8. The van der Waals surface area contributed by atoms with Gasteiger partial charge in [0.25, 0.3) is 0 Å². The van der Waals surface area contributed by atoms with Gasteiger partial charge in [0.05, 0.1) is 10.4 Å². The van der Waals surface area contributed by atoms with Gasteiger partial charge in [-0.15, -0.1) is 11.3 Å². The predicted molar refractivity (Wildman–Crippen MR) is 58.9 cm³/mol. The Morgan fingerprint density at radius 3 is 3.07 bits per heavy atom. The summed E-state index contributed by atoms with van der Waals surface area (Å²) in [6, 6.07) is -0.447. The molecule has 1 aromatic rings. The van der Waals surface area contributed by atoms with E-state index in [0.717, 1.165) is 11.3 Å². The molecule has 1 aliphatic heterocycles. The number of amides is 2. The Morgan fingerprint density at radius 1 is 1.67 bits per heavy atom. The Hall–Kier alpha value is -1.43. The van der Waals surface area contributed by atoms with E-state index < -0.39 is 0 Å². The Balaban J connectivity index is 2.28. The normalized spacial score (nSPS) is 20.9. The van der Waals surface area contributed by atoms with Gasteiger partial charge in [0.15, 0.2) is 0 Å². The highest BCUT2D eigenvalue weighted by molar-refractivity contribution is 7.09. The van der Waals surface area contributed by atoms with Crippen molar-refractivity contribution in [1.29, 1.82) is 0 Å². The second kappa shape index (κ2) is 3.98. The van der Waals surface area contributed by atoms with Gasteiger partial charge in [-0.2, -0.15) is 4.99 Å². The zero-order valence-electron chi connectivity index (χ0n) is 8.38. The lowest BCUT2D eigenvalue weighted by Gasteiger charge is -2.21. The van der Waals surface area contributed by atoms with Crippen molar-refractivity contribution >= 4 is 23.2 Å². The second-order valence-electron chi connectivity index (χ2n) is 3.32. The Labute approximate surface area is 91.6 Å². The van der Waals surface area contributed by atoms with E-state index in [4.69, 9.17) is 5.73 Å². The summed E-state index contributed by atoms with van der Waals surface area (Å²) in [6.07, 6.45) is 2.63. The molecule has 0 radical (unpaired) electrons. The van der Waals surface area contributed by atoms with Gasteiger partial charge in [-0.25, -0.2) is 4.79 Å².